The highest BCUT2D eigenvalue weighted by Gasteiger charge is 2.31. The number of piperazine rings is 1. The van der Waals surface area contributed by atoms with E-state index in [9.17, 15) is 13.2 Å². The number of likely N-dealkylation sites (tertiary alicyclic amines) is 1. The van der Waals surface area contributed by atoms with Crippen molar-refractivity contribution in [3.63, 3.8) is 0 Å². The van der Waals surface area contributed by atoms with E-state index in [0.29, 0.717) is 31.9 Å². The third kappa shape index (κ3) is 3.57. The van der Waals surface area contributed by atoms with E-state index in [1.165, 1.54) is 16.6 Å². The van der Waals surface area contributed by atoms with E-state index >= 15 is 0 Å². The normalized spacial score (nSPS) is 18.8. The first-order chi connectivity index (χ1) is 13.1. The number of anilines is 1. The summed E-state index contributed by atoms with van der Waals surface area (Å²) in [6.07, 6.45) is 5.15. The summed E-state index contributed by atoms with van der Waals surface area (Å²) in [7, 11) is -3.62. The van der Waals surface area contributed by atoms with Gasteiger partial charge in [-0.05, 0) is 31.0 Å². The lowest BCUT2D eigenvalue weighted by Gasteiger charge is -2.34. The summed E-state index contributed by atoms with van der Waals surface area (Å²) < 4.78 is 27.3. The van der Waals surface area contributed by atoms with E-state index in [1.54, 1.807) is 11.1 Å². The van der Waals surface area contributed by atoms with Crippen molar-refractivity contribution in [3.05, 3.63) is 42.4 Å². The van der Waals surface area contributed by atoms with Crippen LogP contribution < -0.4 is 4.90 Å². The Balaban J connectivity index is 1.44. The average Bonchev–Trinajstić information content (AvgIpc) is 3.41. The van der Waals surface area contributed by atoms with Crippen LogP contribution in [-0.2, 0) is 10.0 Å². The van der Waals surface area contributed by atoms with Crippen molar-refractivity contribution in [2.75, 3.05) is 44.2 Å². The molecule has 0 saturated carbocycles. The molecule has 2 aliphatic rings. The molecule has 0 unspecified atom stereocenters. The Labute approximate surface area is 158 Å². The molecule has 2 aromatic heterocycles. The number of rotatable bonds is 4. The van der Waals surface area contributed by atoms with Crippen molar-refractivity contribution >= 4 is 21.7 Å². The summed E-state index contributed by atoms with van der Waals surface area (Å²) in [6, 6.07) is 7.16. The zero-order valence-electron chi connectivity index (χ0n) is 15.0. The highest BCUT2D eigenvalue weighted by molar-refractivity contribution is 7.89. The van der Waals surface area contributed by atoms with Crippen molar-refractivity contribution in [1.29, 1.82) is 0 Å². The second-order valence-corrected chi connectivity index (χ2v) is 8.77. The molecule has 4 heterocycles. The van der Waals surface area contributed by atoms with Gasteiger partial charge in [0.15, 0.2) is 0 Å². The van der Waals surface area contributed by atoms with Crippen molar-refractivity contribution in [2.45, 2.75) is 17.7 Å². The molecule has 0 atom stereocenters. The standard InChI is InChI=1S/C18H23N5O3S/c24-18(22-7-3-4-8-22)16-13-15(14-20-16)27(25,26)23-11-9-21(10-12-23)17-5-1-2-6-19-17/h1-2,5-6,13-14,20H,3-4,7-12H2. The molecule has 4 rings (SSSR count). The molecule has 27 heavy (non-hydrogen) atoms. The molecule has 2 saturated heterocycles. The number of carbonyl (C=O) groups excluding carboxylic acids is 1. The Morgan fingerprint density at radius 2 is 1.78 bits per heavy atom. The number of amides is 1. The maximum atomic E-state index is 12.9. The zero-order valence-corrected chi connectivity index (χ0v) is 15.9. The predicted molar refractivity (Wildman–Crippen MR) is 101 cm³/mol. The third-order valence-electron chi connectivity index (χ3n) is 5.13. The van der Waals surface area contributed by atoms with Gasteiger partial charge in [-0.3, -0.25) is 4.79 Å². The third-order valence-corrected chi connectivity index (χ3v) is 7.01. The minimum Gasteiger partial charge on any atom is -0.356 e. The van der Waals surface area contributed by atoms with Gasteiger partial charge in [0, 0.05) is 51.7 Å². The van der Waals surface area contributed by atoms with Gasteiger partial charge < -0.3 is 14.8 Å². The summed E-state index contributed by atoms with van der Waals surface area (Å²) in [5.41, 5.74) is 0.336. The van der Waals surface area contributed by atoms with Crippen molar-refractivity contribution < 1.29 is 13.2 Å². The number of aromatic nitrogens is 2. The van der Waals surface area contributed by atoms with E-state index in [0.717, 1.165) is 31.7 Å². The fourth-order valence-corrected chi connectivity index (χ4v) is 5.00. The number of pyridine rings is 1. The lowest BCUT2D eigenvalue weighted by Crippen LogP contribution is -2.48. The number of aromatic amines is 1. The minimum absolute atomic E-state index is 0.131. The van der Waals surface area contributed by atoms with Gasteiger partial charge in [-0.25, -0.2) is 13.4 Å². The first kappa shape index (κ1) is 18.0. The molecule has 8 nitrogen and oxygen atoms in total. The summed E-state index contributed by atoms with van der Waals surface area (Å²) in [5.74, 6) is 0.726. The Kier molecular flexibility index (Phi) is 4.88. The van der Waals surface area contributed by atoms with Crippen LogP contribution in [0.5, 0.6) is 0 Å². The second kappa shape index (κ2) is 7.32. The van der Waals surface area contributed by atoms with Crippen LogP contribution in [0, 0.1) is 0 Å². The molecule has 2 aliphatic heterocycles. The fraction of sp³-hybridized carbons (Fsp3) is 0.444. The smallest absolute Gasteiger partial charge is 0.270 e. The van der Waals surface area contributed by atoms with Crippen molar-refractivity contribution in [2.24, 2.45) is 0 Å². The highest BCUT2D eigenvalue weighted by atomic mass is 32.2. The molecule has 2 aromatic rings. The van der Waals surface area contributed by atoms with E-state index in [1.807, 2.05) is 18.2 Å². The van der Waals surface area contributed by atoms with Crippen LogP contribution in [0.15, 0.2) is 41.6 Å². The van der Waals surface area contributed by atoms with Crippen LogP contribution in [0.25, 0.3) is 0 Å². The number of nitrogens with one attached hydrogen (secondary N) is 1. The largest absolute Gasteiger partial charge is 0.356 e. The maximum absolute atomic E-state index is 12.9. The summed E-state index contributed by atoms with van der Waals surface area (Å²) in [5, 5.41) is 0. The monoisotopic (exact) mass is 389 g/mol. The first-order valence-electron chi connectivity index (χ1n) is 9.19. The quantitative estimate of drug-likeness (QED) is 0.847. The zero-order chi connectivity index (χ0) is 18.9. The van der Waals surface area contributed by atoms with E-state index in [4.69, 9.17) is 0 Å². The second-order valence-electron chi connectivity index (χ2n) is 6.83. The molecule has 1 N–H and O–H groups in total. The average molecular weight is 389 g/mol. The van der Waals surface area contributed by atoms with Crippen LogP contribution in [0.1, 0.15) is 23.3 Å². The lowest BCUT2D eigenvalue weighted by atomic mass is 10.3. The number of hydrogen-bond acceptors (Lipinski definition) is 5. The molecule has 0 bridgehead atoms. The molecule has 0 aromatic carbocycles. The number of carbonyl (C=O) groups is 1. The molecule has 0 radical (unpaired) electrons. The first-order valence-corrected chi connectivity index (χ1v) is 10.6. The Morgan fingerprint density at radius 3 is 2.44 bits per heavy atom. The summed E-state index contributed by atoms with van der Waals surface area (Å²) in [6.45, 7) is 3.41. The predicted octanol–water partition coefficient (Wildman–Crippen LogP) is 1.16. The molecule has 144 valence electrons. The van der Waals surface area contributed by atoms with Gasteiger partial charge in [0.05, 0.1) is 0 Å². The van der Waals surface area contributed by atoms with Crippen LogP contribution in [0.4, 0.5) is 5.82 Å². The van der Waals surface area contributed by atoms with Gasteiger partial charge in [0.1, 0.15) is 16.4 Å². The SMILES string of the molecule is O=C(c1cc(S(=O)(=O)N2CCN(c3ccccn3)CC2)c[nH]1)N1CCCC1. The van der Waals surface area contributed by atoms with E-state index in [-0.39, 0.29) is 10.8 Å². The van der Waals surface area contributed by atoms with Gasteiger partial charge in [-0.15, -0.1) is 0 Å². The van der Waals surface area contributed by atoms with E-state index in [2.05, 4.69) is 14.9 Å². The van der Waals surface area contributed by atoms with Gasteiger partial charge in [-0.2, -0.15) is 4.31 Å². The summed E-state index contributed by atoms with van der Waals surface area (Å²) >= 11 is 0. The van der Waals surface area contributed by atoms with Crippen LogP contribution in [-0.4, -0.2) is 72.8 Å². The van der Waals surface area contributed by atoms with Crippen molar-refractivity contribution in [3.8, 4) is 0 Å². The maximum Gasteiger partial charge on any atom is 0.270 e. The van der Waals surface area contributed by atoms with Gasteiger partial charge in [0.2, 0.25) is 10.0 Å². The molecule has 9 heteroatoms. The number of H-pyrrole nitrogens is 1. The number of nitrogens with zero attached hydrogens (tertiary/aromatic N) is 4. The Hall–Kier alpha value is -2.39. The molecule has 0 aliphatic carbocycles. The number of sulfonamides is 1. The van der Waals surface area contributed by atoms with Crippen LogP contribution in [0.2, 0.25) is 0 Å². The van der Waals surface area contributed by atoms with Gasteiger partial charge in [0.25, 0.3) is 5.91 Å². The molecule has 0 spiro atoms. The molecule has 2 fully saturated rings. The summed E-state index contributed by atoms with van der Waals surface area (Å²) in [4.78, 5) is 23.6. The number of hydrogen-bond donors (Lipinski definition) is 1. The van der Waals surface area contributed by atoms with Gasteiger partial charge >= 0.3 is 0 Å². The van der Waals surface area contributed by atoms with Crippen molar-refractivity contribution in [1.82, 2.24) is 19.2 Å². The topological polar surface area (TPSA) is 89.6 Å². The molecule has 1 amide bonds. The Morgan fingerprint density at radius 1 is 1.04 bits per heavy atom. The molecular formula is C18H23N5O3S. The lowest BCUT2D eigenvalue weighted by molar-refractivity contribution is 0.0787. The van der Waals surface area contributed by atoms with Gasteiger partial charge in [-0.1, -0.05) is 6.07 Å². The van der Waals surface area contributed by atoms with Crippen LogP contribution >= 0.6 is 0 Å². The fourth-order valence-electron chi connectivity index (χ4n) is 3.58. The van der Waals surface area contributed by atoms with Crippen LogP contribution in [0.3, 0.4) is 0 Å². The Bertz CT molecular complexity index is 898. The molecular weight excluding hydrogens is 366 g/mol. The minimum atomic E-state index is -3.62. The highest BCUT2D eigenvalue weighted by Crippen LogP contribution is 2.21. The van der Waals surface area contributed by atoms with E-state index < -0.39 is 10.0 Å².